The Bertz CT molecular complexity index is 831. The molecule has 36 heavy (non-hydrogen) atoms. The van der Waals surface area contributed by atoms with E-state index in [1.807, 2.05) is 0 Å². The van der Waals surface area contributed by atoms with Gasteiger partial charge in [0.15, 0.2) is 0 Å². The second kappa shape index (κ2) is 8.08. The highest BCUT2D eigenvalue weighted by molar-refractivity contribution is 7.01. The fraction of sp³-hybridized carbons (Fsp3) is 1.00. The number of rotatable bonds is 0. The van der Waals surface area contributed by atoms with E-state index in [-0.39, 0.29) is 0 Å². The Morgan fingerprint density at radius 2 is 0.389 bits per heavy atom. The Kier molecular flexibility index (Phi) is 6.52. The van der Waals surface area contributed by atoms with Gasteiger partial charge in [-0.2, -0.15) is 0 Å². The summed E-state index contributed by atoms with van der Waals surface area (Å²) >= 11 is 0. The molecule has 0 spiro atoms. The summed E-state index contributed by atoms with van der Waals surface area (Å²) in [4.78, 5) is 22.4. The van der Waals surface area contributed by atoms with E-state index in [2.05, 4.69) is 0 Å². The Morgan fingerprint density at radius 1 is 0.250 bits per heavy atom. The van der Waals surface area contributed by atoms with Gasteiger partial charge in [0.1, 0.15) is 0 Å². The molecule has 8 bridgehead atoms. The van der Waals surface area contributed by atoms with Crippen molar-refractivity contribution < 1.29 is 67.2 Å². The second-order valence-corrected chi connectivity index (χ2v) is 38.9. The molecule has 0 radical (unpaired) electrons. The minimum atomic E-state index is -4.16. The third-order valence-electron chi connectivity index (χ3n) is 5.21. The van der Waals surface area contributed by atoms with Gasteiger partial charge in [-0.3, -0.25) is 0 Å². The Hall–Kier alpha value is 1.53. The molecule has 0 aromatic carbocycles. The van der Waals surface area contributed by atoms with Crippen LogP contribution in [0.15, 0.2) is 0 Å². The first-order chi connectivity index (χ1) is 15.9. The van der Waals surface area contributed by atoms with Crippen LogP contribution in [0.3, 0.4) is 0 Å². The van der Waals surface area contributed by atoms with E-state index in [1.54, 1.807) is 39.3 Å². The molecule has 208 valence electrons. The van der Waals surface area contributed by atoms with Crippen LogP contribution >= 0.6 is 0 Å². The molecule has 0 saturated carbocycles. The lowest BCUT2D eigenvalue weighted by Gasteiger charge is -2.58. The van der Waals surface area contributed by atoms with Crippen molar-refractivity contribution in [3.8, 4) is 0 Å². The highest BCUT2D eigenvalue weighted by Gasteiger charge is 2.76. The molecule has 6 rings (SSSR count). The number of hydrogen-bond acceptors (Lipinski definition) is 16. The predicted octanol–water partition coefficient (Wildman–Crippen LogP) is -0.0416. The molecule has 6 heterocycles. The number of fused-ring (bicyclic) bond motifs is 4. The minimum Gasteiger partial charge on any atom is -0.391 e. The summed E-state index contributed by atoms with van der Waals surface area (Å²) in [5, 5.41) is 0. The summed E-state index contributed by atoms with van der Waals surface area (Å²) < 4.78 is 89.1. The molecule has 26 heteroatoms. The van der Waals surface area contributed by atoms with Crippen LogP contribution in [0.1, 0.15) is 0 Å². The van der Waals surface area contributed by atoms with Crippen LogP contribution in [0.5, 0.6) is 0 Å². The van der Waals surface area contributed by atoms with Crippen molar-refractivity contribution in [2.75, 3.05) is 0 Å². The zero-order valence-corrected chi connectivity index (χ0v) is 31.6. The fourth-order valence-corrected chi connectivity index (χ4v) is 57.3. The maximum Gasteiger partial charge on any atom is 0.480 e. The summed E-state index contributed by atoms with van der Waals surface area (Å²) in [6, 6.07) is 0. The smallest absolute Gasteiger partial charge is 0.391 e. The van der Waals surface area contributed by atoms with Crippen LogP contribution in [0.25, 0.3) is 0 Å². The van der Waals surface area contributed by atoms with Crippen LogP contribution in [-0.4, -0.2) is 97.6 Å². The summed E-state index contributed by atoms with van der Waals surface area (Å²) in [5.41, 5.74) is 0. The molecule has 6 saturated heterocycles. The normalized spacial score (nSPS) is 63.7. The summed E-state index contributed by atoms with van der Waals surface area (Å²) in [6.07, 6.45) is 0. The van der Waals surface area contributed by atoms with Gasteiger partial charge in [0.05, 0.1) is 0 Å². The van der Waals surface area contributed by atoms with E-state index in [0.29, 0.717) is 0 Å². The monoisotopic (exact) mass is 688 g/mol. The van der Waals surface area contributed by atoms with Crippen molar-refractivity contribution >= 4 is 88.0 Å². The van der Waals surface area contributed by atoms with Crippen molar-refractivity contribution in [1.82, 2.24) is 0 Å². The molecule has 2 N–H and O–H groups in total. The van der Waals surface area contributed by atoms with Gasteiger partial charge in [0.25, 0.3) is 0 Å². The van der Waals surface area contributed by atoms with Crippen LogP contribution in [0.4, 0.5) is 0 Å². The highest BCUT2D eigenvalue weighted by atomic mass is 28.6. The van der Waals surface area contributed by atoms with Crippen LogP contribution in [-0.2, 0) is 57.6 Å². The van der Waals surface area contributed by atoms with Crippen LogP contribution < -0.4 is 0 Å². The molecule has 6 aliphatic heterocycles. The first-order valence-electron chi connectivity index (χ1n) is 11.2. The quantitative estimate of drug-likeness (QED) is 0.325. The van der Waals surface area contributed by atoms with Crippen molar-refractivity contribution in [2.24, 2.45) is 0 Å². The first-order valence-corrected chi connectivity index (χ1v) is 33.5. The zero-order chi connectivity index (χ0) is 26.9. The number of hydrogen-bond donors (Lipinski definition) is 2. The van der Waals surface area contributed by atoms with Gasteiger partial charge in [-0.05, 0) is 0 Å². The molecular weight excluding hydrogens is 657 g/mol. The molecule has 0 aromatic heterocycles. The van der Waals surface area contributed by atoms with Gasteiger partial charge in [-0.15, -0.1) is 0 Å². The van der Waals surface area contributed by atoms with E-state index in [9.17, 15) is 9.59 Å². The predicted molar refractivity (Wildman–Crippen MR) is 136 cm³/mol. The fourth-order valence-electron chi connectivity index (χ4n) is 5.29. The summed E-state index contributed by atoms with van der Waals surface area (Å²) in [7, 11) is -39.0. The van der Waals surface area contributed by atoms with Crippen molar-refractivity contribution in [1.29, 1.82) is 0 Å². The third kappa shape index (κ3) is 5.79. The lowest BCUT2D eigenvalue weighted by Crippen LogP contribution is -2.84. The van der Waals surface area contributed by atoms with Crippen molar-refractivity contribution in [2.45, 2.75) is 65.5 Å². The first kappa shape index (κ1) is 29.0. The molecule has 0 aromatic rings. The standard InChI is InChI=1S/C10H32O16Si10/c1-27(11)13-28(2,12)15-30(4)18-33(7)20-31(5)16-29(3,14-27)17-32(6)21-34(8,19-30)25-36(10,24-33)26-35(9,22-31)23-32/h11-12H,1-10H3. The lowest BCUT2D eigenvalue weighted by molar-refractivity contribution is -0.00339. The molecule has 0 amide bonds. The third-order valence-corrected chi connectivity index (χ3v) is 46.9. The van der Waals surface area contributed by atoms with Crippen molar-refractivity contribution in [3.63, 3.8) is 0 Å². The molecule has 6 aliphatic rings. The van der Waals surface area contributed by atoms with Gasteiger partial charge >= 0.3 is 88.0 Å². The maximum atomic E-state index is 11.2. The highest BCUT2D eigenvalue weighted by Crippen LogP contribution is 2.46. The maximum absolute atomic E-state index is 11.2. The molecular formula is C10H32O16Si10. The van der Waals surface area contributed by atoms with E-state index < -0.39 is 88.0 Å². The Morgan fingerprint density at radius 3 is 0.556 bits per heavy atom. The molecule has 6 atom stereocenters. The van der Waals surface area contributed by atoms with Gasteiger partial charge in [-0.25, -0.2) is 0 Å². The van der Waals surface area contributed by atoms with Crippen LogP contribution in [0.2, 0.25) is 65.5 Å². The van der Waals surface area contributed by atoms with Gasteiger partial charge in [0, 0.05) is 65.5 Å². The van der Waals surface area contributed by atoms with E-state index >= 15 is 0 Å². The van der Waals surface area contributed by atoms with E-state index in [4.69, 9.17) is 57.6 Å². The van der Waals surface area contributed by atoms with Gasteiger partial charge in [-0.1, -0.05) is 0 Å². The van der Waals surface area contributed by atoms with Gasteiger partial charge < -0.3 is 67.2 Å². The summed E-state index contributed by atoms with van der Waals surface area (Å²) in [5.74, 6) is 0. The van der Waals surface area contributed by atoms with Gasteiger partial charge in [0.2, 0.25) is 0 Å². The average Bonchev–Trinajstić information content (AvgIpc) is 2.39. The van der Waals surface area contributed by atoms with Crippen molar-refractivity contribution in [3.05, 3.63) is 0 Å². The molecule has 6 fully saturated rings. The second-order valence-electron chi connectivity index (χ2n) is 10.1. The largest absolute Gasteiger partial charge is 0.480 e. The van der Waals surface area contributed by atoms with Crippen LogP contribution in [0, 0.1) is 0 Å². The average molecular weight is 689 g/mol. The lowest BCUT2D eigenvalue weighted by atomic mass is 11.9. The summed E-state index contributed by atoms with van der Waals surface area (Å²) in [6.45, 7) is 15.5. The SMILES string of the molecule is C[Si]1(O)O[Si](C)(O)O[Si]2(C)O[Si]3(C)O[Si]4(C)O[Si](C)(O1)O[Si]1(C)O[Si](C)(O2)O[Si](C)(O3)O[Si](C)(O4)O1. The van der Waals surface area contributed by atoms with E-state index in [1.165, 1.54) is 26.2 Å². The van der Waals surface area contributed by atoms with E-state index in [0.717, 1.165) is 0 Å². The molecule has 16 nitrogen and oxygen atoms in total. The Labute approximate surface area is 220 Å². The molecule has 6 unspecified atom stereocenters. The minimum absolute atomic E-state index is 1.32. The zero-order valence-electron chi connectivity index (χ0n) is 21.6. The Balaban J connectivity index is 1.80. The molecule has 0 aliphatic carbocycles. The topological polar surface area (TPSA) is 170 Å².